The number of primary amides is 1. The lowest BCUT2D eigenvalue weighted by Crippen LogP contribution is -2.33. The maximum Gasteiger partial charge on any atom is 0.251 e. The Labute approximate surface area is 176 Å². The summed E-state index contributed by atoms with van der Waals surface area (Å²) in [6, 6.07) is 11.7. The molecule has 7 nitrogen and oxygen atoms in total. The van der Waals surface area contributed by atoms with Crippen LogP contribution in [0, 0.1) is 6.92 Å². The van der Waals surface area contributed by atoms with E-state index in [1.165, 1.54) is 16.4 Å². The molecule has 0 bridgehead atoms. The maximum absolute atomic E-state index is 13.3. The van der Waals surface area contributed by atoms with Crippen molar-refractivity contribution in [2.75, 3.05) is 0 Å². The zero-order valence-corrected chi connectivity index (χ0v) is 17.6. The van der Waals surface area contributed by atoms with Crippen LogP contribution in [0.3, 0.4) is 0 Å². The van der Waals surface area contributed by atoms with Crippen molar-refractivity contribution in [2.24, 2.45) is 5.73 Å². The third-order valence-electron chi connectivity index (χ3n) is 5.50. The van der Waals surface area contributed by atoms with Gasteiger partial charge in [-0.2, -0.15) is 4.31 Å². The molecule has 2 saturated carbocycles. The third-order valence-corrected chi connectivity index (χ3v) is 7.40. The second-order valence-electron chi connectivity index (χ2n) is 8.07. The molecule has 2 amide bonds. The van der Waals surface area contributed by atoms with E-state index in [1.807, 2.05) is 0 Å². The summed E-state index contributed by atoms with van der Waals surface area (Å²) in [6.45, 7) is 1.92. The minimum atomic E-state index is -3.80. The highest BCUT2D eigenvalue weighted by atomic mass is 32.2. The Kier molecular flexibility index (Phi) is 5.38. The second kappa shape index (κ2) is 7.85. The number of aryl methyl sites for hydroxylation is 1. The molecule has 2 aliphatic carbocycles. The van der Waals surface area contributed by atoms with Crippen molar-refractivity contribution in [1.82, 2.24) is 9.62 Å². The highest BCUT2D eigenvalue weighted by Gasteiger charge is 2.38. The Hall–Kier alpha value is -2.71. The predicted octanol–water partition coefficient (Wildman–Crippen LogP) is 2.34. The van der Waals surface area contributed by atoms with Crippen LogP contribution in [0.25, 0.3) is 0 Å². The van der Waals surface area contributed by atoms with Crippen LogP contribution in [0.5, 0.6) is 0 Å². The molecule has 0 radical (unpaired) electrons. The van der Waals surface area contributed by atoms with Crippen molar-refractivity contribution < 1.29 is 18.0 Å². The Morgan fingerprint density at radius 3 is 2.30 bits per heavy atom. The molecule has 8 heteroatoms. The largest absolute Gasteiger partial charge is 0.366 e. The molecule has 0 atom stereocenters. The summed E-state index contributed by atoms with van der Waals surface area (Å²) in [4.78, 5) is 23.9. The first kappa shape index (κ1) is 20.6. The van der Waals surface area contributed by atoms with Gasteiger partial charge in [0.25, 0.3) is 5.91 Å². The Morgan fingerprint density at radius 2 is 1.73 bits per heavy atom. The van der Waals surface area contributed by atoms with Gasteiger partial charge >= 0.3 is 0 Å². The minimum Gasteiger partial charge on any atom is -0.366 e. The molecule has 3 N–H and O–H groups in total. The van der Waals surface area contributed by atoms with Gasteiger partial charge in [-0.05, 0) is 68.0 Å². The van der Waals surface area contributed by atoms with E-state index in [4.69, 9.17) is 5.73 Å². The van der Waals surface area contributed by atoms with Crippen molar-refractivity contribution in [2.45, 2.75) is 56.1 Å². The maximum atomic E-state index is 13.3. The predicted molar refractivity (Wildman–Crippen MR) is 112 cm³/mol. The highest BCUT2D eigenvalue weighted by molar-refractivity contribution is 7.89. The second-order valence-corrected chi connectivity index (χ2v) is 9.96. The number of nitrogens with one attached hydrogen (secondary N) is 1. The number of hydrogen-bond acceptors (Lipinski definition) is 4. The lowest BCUT2D eigenvalue weighted by molar-refractivity contribution is 0.0949. The summed E-state index contributed by atoms with van der Waals surface area (Å²) in [5, 5.41) is 2.94. The normalized spacial score (nSPS) is 16.5. The lowest BCUT2D eigenvalue weighted by Gasteiger charge is -2.22. The van der Waals surface area contributed by atoms with E-state index in [-0.39, 0.29) is 35.0 Å². The summed E-state index contributed by atoms with van der Waals surface area (Å²) in [5.74, 6) is -0.753. The molecule has 158 valence electrons. The van der Waals surface area contributed by atoms with Crippen molar-refractivity contribution in [3.05, 3.63) is 64.7 Å². The summed E-state index contributed by atoms with van der Waals surface area (Å²) >= 11 is 0. The van der Waals surface area contributed by atoms with Gasteiger partial charge in [-0.1, -0.05) is 18.2 Å². The molecule has 0 aromatic heterocycles. The smallest absolute Gasteiger partial charge is 0.251 e. The van der Waals surface area contributed by atoms with Crippen LogP contribution in [0.1, 0.15) is 57.5 Å². The SMILES string of the molecule is Cc1ccc(S(=O)(=O)N(Cc2ccc(C(=O)NC3CC3)cc2)C2CC2)cc1C(N)=O. The summed E-state index contributed by atoms with van der Waals surface area (Å²) in [6.07, 6.45) is 3.65. The fourth-order valence-corrected chi connectivity index (χ4v) is 5.07. The van der Waals surface area contributed by atoms with Crippen LogP contribution >= 0.6 is 0 Å². The van der Waals surface area contributed by atoms with E-state index in [2.05, 4.69) is 5.32 Å². The van der Waals surface area contributed by atoms with E-state index in [0.717, 1.165) is 31.2 Å². The summed E-state index contributed by atoms with van der Waals surface area (Å²) in [7, 11) is -3.80. The number of nitrogens with two attached hydrogens (primary N) is 1. The van der Waals surface area contributed by atoms with Gasteiger partial charge < -0.3 is 11.1 Å². The fraction of sp³-hybridized carbons (Fsp3) is 0.364. The van der Waals surface area contributed by atoms with E-state index in [1.54, 1.807) is 37.3 Å². The van der Waals surface area contributed by atoms with E-state index in [0.29, 0.717) is 11.1 Å². The average molecular weight is 428 g/mol. The molecule has 2 aromatic rings. The minimum absolute atomic E-state index is 0.0637. The van der Waals surface area contributed by atoms with Crippen molar-refractivity contribution in [3.63, 3.8) is 0 Å². The third kappa shape index (κ3) is 4.39. The number of amides is 2. The number of benzene rings is 2. The van der Waals surface area contributed by atoms with Crippen molar-refractivity contribution in [1.29, 1.82) is 0 Å². The monoisotopic (exact) mass is 427 g/mol. The molecule has 2 aromatic carbocycles. The molecule has 4 rings (SSSR count). The van der Waals surface area contributed by atoms with Crippen LogP contribution in [-0.2, 0) is 16.6 Å². The number of carbonyl (C=O) groups excluding carboxylic acids is 2. The van der Waals surface area contributed by atoms with Crippen LogP contribution < -0.4 is 11.1 Å². The van der Waals surface area contributed by atoms with E-state index < -0.39 is 15.9 Å². The molecular formula is C22H25N3O4S. The number of sulfonamides is 1. The van der Waals surface area contributed by atoms with Crippen LogP contribution in [0.15, 0.2) is 47.4 Å². The average Bonchev–Trinajstić information content (AvgIpc) is 3.61. The molecule has 0 heterocycles. The Balaban J connectivity index is 1.56. The highest BCUT2D eigenvalue weighted by Crippen LogP contribution is 2.34. The van der Waals surface area contributed by atoms with Crippen LogP contribution in [0.4, 0.5) is 0 Å². The van der Waals surface area contributed by atoms with Crippen LogP contribution in [-0.4, -0.2) is 36.6 Å². The number of carbonyl (C=O) groups is 2. The van der Waals surface area contributed by atoms with Gasteiger partial charge in [0.1, 0.15) is 0 Å². The van der Waals surface area contributed by atoms with Gasteiger partial charge in [0, 0.05) is 29.8 Å². The topological polar surface area (TPSA) is 110 Å². The first-order chi connectivity index (χ1) is 14.3. The van der Waals surface area contributed by atoms with Gasteiger partial charge in [0.2, 0.25) is 15.9 Å². The quantitative estimate of drug-likeness (QED) is 0.674. The Morgan fingerprint density at radius 1 is 1.07 bits per heavy atom. The molecule has 2 fully saturated rings. The molecule has 2 aliphatic rings. The molecule has 0 aliphatic heterocycles. The molecule has 0 spiro atoms. The van der Waals surface area contributed by atoms with Gasteiger partial charge in [0.15, 0.2) is 0 Å². The fourth-order valence-electron chi connectivity index (χ4n) is 3.37. The molecule has 0 saturated heterocycles. The first-order valence-electron chi connectivity index (χ1n) is 10.1. The zero-order chi connectivity index (χ0) is 21.5. The van der Waals surface area contributed by atoms with Gasteiger partial charge in [-0.3, -0.25) is 9.59 Å². The van der Waals surface area contributed by atoms with Gasteiger partial charge in [-0.25, -0.2) is 8.42 Å². The standard InChI is InChI=1S/C22H25N3O4S/c1-14-2-11-19(12-20(14)21(23)26)30(28,29)25(18-9-10-18)13-15-3-5-16(6-4-15)22(27)24-17-7-8-17/h2-6,11-12,17-18H,7-10,13H2,1H3,(H2,23,26)(H,24,27). The molecular weight excluding hydrogens is 402 g/mol. The van der Waals surface area contributed by atoms with Gasteiger partial charge in [0.05, 0.1) is 4.90 Å². The van der Waals surface area contributed by atoms with Crippen molar-refractivity contribution >= 4 is 21.8 Å². The number of rotatable bonds is 8. The first-order valence-corrected chi connectivity index (χ1v) is 11.5. The van der Waals surface area contributed by atoms with Crippen molar-refractivity contribution in [3.8, 4) is 0 Å². The number of nitrogens with zero attached hydrogens (tertiary/aromatic N) is 1. The Bertz CT molecular complexity index is 1090. The molecule has 0 unspecified atom stereocenters. The van der Waals surface area contributed by atoms with E-state index in [9.17, 15) is 18.0 Å². The number of hydrogen-bond donors (Lipinski definition) is 2. The zero-order valence-electron chi connectivity index (χ0n) is 16.8. The van der Waals surface area contributed by atoms with E-state index >= 15 is 0 Å². The van der Waals surface area contributed by atoms with Gasteiger partial charge in [-0.15, -0.1) is 0 Å². The summed E-state index contributed by atoms with van der Waals surface area (Å²) < 4.78 is 28.1. The lowest BCUT2D eigenvalue weighted by atomic mass is 10.1. The molecule has 30 heavy (non-hydrogen) atoms. The summed E-state index contributed by atoms with van der Waals surface area (Å²) in [5.41, 5.74) is 7.60. The van der Waals surface area contributed by atoms with Crippen LogP contribution in [0.2, 0.25) is 0 Å².